The van der Waals surface area contributed by atoms with Crippen LogP contribution in [0.15, 0.2) is 18.2 Å². The van der Waals surface area contributed by atoms with Crippen LogP contribution in [0.2, 0.25) is 0 Å². The van der Waals surface area contributed by atoms with Crippen LogP contribution in [0.3, 0.4) is 0 Å². The summed E-state index contributed by atoms with van der Waals surface area (Å²) in [6.07, 6.45) is 2.46. The van der Waals surface area contributed by atoms with Crippen molar-refractivity contribution in [3.05, 3.63) is 35.1 Å². The molecule has 2 rings (SSSR count). The molecule has 8 heteroatoms. The summed E-state index contributed by atoms with van der Waals surface area (Å²) in [5.74, 6) is -1.72. The van der Waals surface area contributed by atoms with Crippen molar-refractivity contribution in [2.24, 2.45) is 0 Å². The number of carbonyl (C=O) groups is 1. The summed E-state index contributed by atoms with van der Waals surface area (Å²) >= 11 is 0. The molecule has 0 aromatic heterocycles. The van der Waals surface area contributed by atoms with Crippen molar-refractivity contribution in [3.63, 3.8) is 0 Å². The number of hydrogen-bond donors (Lipinski definition) is 2. The second-order valence-electron chi connectivity index (χ2n) is 5.55. The first-order valence-electron chi connectivity index (χ1n) is 6.96. The van der Waals surface area contributed by atoms with Gasteiger partial charge in [0.05, 0.1) is 11.8 Å². The first-order valence-corrected chi connectivity index (χ1v) is 8.85. The van der Waals surface area contributed by atoms with Crippen LogP contribution in [0.1, 0.15) is 28.8 Å². The number of rotatable bonds is 5. The van der Waals surface area contributed by atoms with E-state index in [-0.39, 0.29) is 11.6 Å². The van der Waals surface area contributed by atoms with Crippen molar-refractivity contribution in [1.82, 2.24) is 9.62 Å². The van der Waals surface area contributed by atoms with Gasteiger partial charge >= 0.3 is 5.97 Å². The lowest BCUT2D eigenvalue weighted by atomic mass is 10.0. The standard InChI is InChI=1S/C14H19FN2O4S/c1-22(20,21)16-12-4-6-17(7-5-12)9-10-2-3-11(15)8-13(10)14(18)19/h2-3,8,12,16H,4-7,9H2,1H3,(H,18,19). The van der Waals surface area contributed by atoms with Crippen molar-refractivity contribution < 1.29 is 22.7 Å². The smallest absolute Gasteiger partial charge is 0.336 e. The molecular formula is C14H19FN2O4S. The van der Waals surface area contributed by atoms with E-state index in [2.05, 4.69) is 4.72 Å². The SMILES string of the molecule is CS(=O)(=O)NC1CCN(Cc2ccc(F)cc2C(=O)O)CC1. The average molecular weight is 330 g/mol. The van der Waals surface area contributed by atoms with Gasteiger partial charge < -0.3 is 5.11 Å². The number of piperidine rings is 1. The summed E-state index contributed by atoms with van der Waals surface area (Å²) in [4.78, 5) is 13.2. The maximum absolute atomic E-state index is 13.2. The number of halogens is 1. The molecule has 0 amide bonds. The molecule has 0 radical (unpaired) electrons. The molecule has 1 aliphatic rings. The summed E-state index contributed by atoms with van der Waals surface area (Å²) in [7, 11) is -3.21. The number of benzene rings is 1. The van der Waals surface area contributed by atoms with E-state index >= 15 is 0 Å². The predicted molar refractivity (Wildman–Crippen MR) is 79.6 cm³/mol. The van der Waals surface area contributed by atoms with Gasteiger partial charge in [-0.1, -0.05) is 6.07 Å². The molecule has 0 spiro atoms. The van der Waals surface area contributed by atoms with Gasteiger partial charge in [-0.05, 0) is 30.5 Å². The molecular weight excluding hydrogens is 311 g/mol. The first-order chi connectivity index (χ1) is 10.2. The van der Waals surface area contributed by atoms with E-state index in [1.165, 1.54) is 12.1 Å². The lowest BCUT2D eigenvalue weighted by molar-refractivity contribution is 0.0693. The van der Waals surface area contributed by atoms with Crippen molar-refractivity contribution in [1.29, 1.82) is 0 Å². The Kier molecular flexibility index (Phi) is 5.15. The van der Waals surface area contributed by atoms with E-state index in [4.69, 9.17) is 5.11 Å². The number of likely N-dealkylation sites (tertiary alicyclic amines) is 1. The fourth-order valence-electron chi connectivity index (χ4n) is 2.64. The Morgan fingerprint density at radius 2 is 2.05 bits per heavy atom. The third-order valence-corrected chi connectivity index (χ3v) is 4.43. The van der Waals surface area contributed by atoms with E-state index in [1.807, 2.05) is 4.90 Å². The van der Waals surface area contributed by atoms with Crippen LogP contribution in [0, 0.1) is 5.82 Å². The van der Waals surface area contributed by atoms with Gasteiger partial charge in [0, 0.05) is 25.7 Å². The number of aromatic carboxylic acids is 1. The predicted octanol–water partition coefficient (Wildman–Crippen LogP) is 1.04. The van der Waals surface area contributed by atoms with Gasteiger partial charge in [0.25, 0.3) is 0 Å². The summed E-state index contributed by atoms with van der Waals surface area (Å²) < 4.78 is 38.1. The van der Waals surface area contributed by atoms with Crippen molar-refractivity contribution in [3.8, 4) is 0 Å². The van der Waals surface area contributed by atoms with Crippen molar-refractivity contribution >= 4 is 16.0 Å². The van der Waals surface area contributed by atoms with Gasteiger partial charge in [-0.2, -0.15) is 0 Å². The number of carboxylic acids is 1. The number of nitrogens with one attached hydrogen (secondary N) is 1. The molecule has 1 aromatic rings. The fourth-order valence-corrected chi connectivity index (χ4v) is 3.48. The highest BCUT2D eigenvalue weighted by atomic mass is 32.2. The second kappa shape index (κ2) is 6.72. The Morgan fingerprint density at radius 3 is 2.59 bits per heavy atom. The van der Waals surface area contributed by atoms with Gasteiger partial charge in [-0.15, -0.1) is 0 Å². The monoisotopic (exact) mass is 330 g/mol. The molecule has 1 aromatic carbocycles. The van der Waals surface area contributed by atoms with Crippen LogP contribution in [0.25, 0.3) is 0 Å². The van der Waals surface area contributed by atoms with E-state index < -0.39 is 21.8 Å². The molecule has 0 atom stereocenters. The second-order valence-corrected chi connectivity index (χ2v) is 7.33. The highest BCUT2D eigenvalue weighted by Crippen LogP contribution is 2.18. The van der Waals surface area contributed by atoms with Crippen molar-refractivity contribution in [2.75, 3.05) is 19.3 Å². The molecule has 2 N–H and O–H groups in total. The number of nitrogens with zero attached hydrogens (tertiary/aromatic N) is 1. The number of sulfonamides is 1. The third kappa shape index (κ3) is 4.75. The lowest BCUT2D eigenvalue weighted by Crippen LogP contribution is -2.44. The minimum absolute atomic E-state index is 0.0311. The van der Waals surface area contributed by atoms with Crippen LogP contribution in [0.4, 0.5) is 4.39 Å². The normalized spacial score (nSPS) is 17.5. The highest BCUT2D eigenvalue weighted by molar-refractivity contribution is 7.88. The zero-order chi connectivity index (χ0) is 16.3. The Hall–Kier alpha value is -1.51. The van der Waals surface area contributed by atoms with Crippen molar-refractivity contribution in [2.45, 2.75) is 25.4 Å². The molecule has 0 unspecified atom stereocenters. The van der Waals surface area contributed by atoms with Gasteiger partial charge in [0.15, 0.2) is 0 Å². The largest absolute Gasteiger partial charge is 0.478 e. The zero-order valence-corrected chi connectivity index (χ0v) is 13.1. The molecule has 1 fully saturated rings. The van der Waals surface area contributed by atoms with Crippen LogP contribution in [0.5, 0.6) is 0 Å². The molecule has 122 valence electrons. The molecule has 1 heterocycles. The summed E-state index contributed by atoms with van der Waals surface area (Å²) in [6.45, 7) is 1.72. The highest BCUT2D eigenvalue weighted by Gasteiger charge is 2.23. The Labute approximate surface area is 129 Å². The van der Waals surface area contributed by atoms with Gasteiger partial charge in [0.2, 0.25) is 10.0 Å². The third-order valence-electron chi connectivity index (χ3n) is 3.66. The van der Waals surface area contributed by atoms with Gasteiger partial charge in [0.1, 0.15) is 5.82 Å². The summed E-state index contributed by atoms with van der Waals surface area (Å²) in [5.41, 5.74) is 0.528. The maximum atomic E-state index is 13.2. The van der Waals surface area contributed by atoms with E-state index in [1.54, 1.807) is 0 Å². The molecule has 6 nitrogen and oxygen atoms in total. The Bertz CT molecular complexity index is 655. The quantitative estimate of drug-likeness (QED) is 0.842. The Balaban J connectivity index is 1.98. The zero-order valence-electron chi connectivity index (χ0n) is 12.3. The van der Waals surface area contributed by atoms with E-state index in [0.717, 1.165) is 12.3 Å². The molecule has 0 saturated carbocycles. The van der Waals surface area contributed by atoms with Gasteiger partial charge in [-0.3, -0.25) is 4.90 Å². The number of hydrogen-bond acceptors (Lipinski definition) is 4. The summed E-state index contributed by atoms with van der Waals surface area (Å²) in [5, 5.41) is 9.13. The Morgan fingerprint density at radius 1 is 1.41 bits per heavy atom. The van der Waals surface area contributed by atoms with Crippen LogP contribution >= 0.6 is 0 Å². The topological polar surface area (TPSA) is 86.7 Å². The fraction of sp³-hybridized carbons (Fsp3) is 0.500. The molecule has 0 bridgehead atoms. The minimum Gasteiger partial charge on any atom is -0.478 e. The molecule has 1 aliphatic heterocycles. The minimum atomic E-state index is -3.21. The molecule has 22 heavy (non-hydrogen) atoms. The maximum Gasteiger partial charge on any atom is 0.336 e. The van der Waals surface area contributed by atoms with Crippen LogP contribution < -0.4 is 4.72 Å². The van der Waals surface area contributed by atoms with Crippen LogP contribution in [-0.2, 0) is 16.6 Å². The van der Waals surface area contributed by atoms with Crippen LogP contribution in [-0.4, -0.2) is 49.8 Å². The first kappa shape index (κ1) is 16.9. The lowest BCUT2D eigenvalue weighted by Gasteiger charge is -2.32. The summed E-state index contributed by atoms with van der Waals surface area (Å²) in [6, 6.07) is 3.67. The number of carboxylic acid groups (broad SMARTS) is 1. The average Bonchev–Trinajstić information content (AvgIpc) is 2.41. The van der Waals surface area contributed by atoms with E-state index in [9.17, 15) is 17.6 Å². The molecule has 0 aliphatic carbocycles. The molecule has 1 saturated heterocycles. The van der Waals surface area contributed by atoms with E-state index in [0.29, 0.717) is 38.0 Å². The van der Waals surface area contributed by atoms with Gasteiger partial charge in [-0.25, -0.2) is 22.3 Å².